The number of rotatable bonds is 5. The van der Waals surface area contributed by atoms with Gasteiger partial charge in [-0.3, -0.25) is 4.79 Å². The predicted octanol–water partition coefficient (Wildman–Crippen LogP) is 1.02. The molecule has 0 saturated carbocycles. The van der Waals surface area contributed by atoms with E-state index in [4.69, 9.17) is 10.5 Å². The van der Waals surface area contributed by atoms with Crippen LogP contribution in [0.2, 0.25) is 0 Å². The molecule has 0 radical (unpaired) electrons. The standard InChI is InChI=1S/C13H14N4O/c1-17(10-13(18)16-8-2-7-14)12-5-3-11(9-15)4-6-12/h3-6H,2,8,10H2,1H3,(H,16,18). The Balaban J connectivity index is 2.49. The second-order valence-electron chi connectivity index (χ2n) is 3.77. The van der Waals surface area contributed by atoms with Crippen LogP contribution in [0.3, 0.4) is 0 Å². The van der Waals surface area contributed by atoms with E-state index in [2.05, 4.69) is 5.32 Å². The summed E-state index contributed by atoms with van der Waals surface area (Å²) in [6, 6.07) is 11.0. The van der Waals surface area contributed by atoms with Gasteiger partial charge in [0.1, 0.15) is 0 Å². The quantitative estimate of drug-likeness (QED) is 0.782. The van der Waals surface area contributed by atoms with Gasteiger partial charge in [-0.25, -0.2) is 0 Å². The van der Waals surface area contributed by atoms with E-state index < -0.39 is 0 Å². The van der Waals surface area contributed by atoms with Crippen LogP contribution in [0, 0.1) is 22.7 Å². The lowest BCUT2D eigenvalue weighted by atomic mass is 10.2. The SMILES string of the molecule is CN(CC(=O)NCCC#N)c1ccc(C#N)cc1. The Labute approximate surface area is 106 Å². The average molecular weight is 242 g/mol. The van der Waals surface area contributed by atoms with Crippen molar-refractivity contribution in [2.45, 2.75) is 6.42 Å². The number of amides is 1. The van der Waals surface area contributed by atoms with Crippen LogP contribution < -0.4 is 10.2 Å². The highest BCUT2D eigenvalue weighted by Crippen LogP contribution is 2.12. The van der Waals surface area contributed by atoms with Gasteiger partial charge in [0.05, 0.1) is 30.7 Å². The Morgan fingerprint density at radius 1 is 1.33 bits per heavy atom. The summed E-state index contributed by atoms with van der Waals surface area (Å²) in [5, 5.41) is 19.7. The molecule has 0 aliphatic rings. The van der Waals surface area contributed by atoms with Crippen LogP contribution in [0.1, 0.15) is 12.0 Å². The highest BCUT2D eigenvalue weighted by Gasteiger charge is 2.06. The van der Waals surface area contributed by atoms with Crippen molar-refractivity contribution in [2.24, 2.45) is 0 Å². The molecule has 1 rings (SSSR count). The lowest BCUT2D eigenvalue weighted by Gasteiger charge is -2.18. The zero-order chi connectivity index (χ0) is 13.4. The normalized spacial score (nSPS) is 9.06. The van der Waals surface area contributed by atoms with Gasteiger partial charge in [-0.05, 0) is 24.3 Å². The molecule has 0 spiro atoms. The molecule has 0 aromatic heterocycles. The number of hydrogen-bond acceptors (Lipinski definition) is 4. The lowest BCUT2D eigenvalue weighted by molar-refractivity contribution is -0.119. The van der Waals surface area contributed by atoms with Gasteiger partial charge >= 0.3 is 0 Å². The van der Waals surface area contributed by atoms with Crippen molar-refractivity contribution in [1.29, 1.82) is 10.5 Å². The second-order valence-corrected chi connectivity index (χ2v) is 3.77. The van der Waals surface area contributed by atoms with E-state index in [-0.39, 0.29) is 12.5 Å². The van der Waals surface area contributed by atoms with Crippen molar-refractivity contribution in [3.05, 3.63) is 29.8 Å². The molecule has 0 atom stereocenters. The molecule has 0 heterocycles. The molecule has 1 amide bonds. The summed E-state index contributed by atoms with van der Waals surface area (Å²) in [4.78, 5) is 13.3. The second kappa shape index (κ2) is 6.93. The van der Waals surface area contributed by atoms with E-state index in [0.717, 1.165) is 5.69 Å². The monoisotopic (exact) mass is 242 g/mol. The van der Waals surface area contributed by atoms with Gasteiger partial charge in [-0.1, -0.05) is 0 Å². The number of nitrogens with zero attached hydrogens (tertiary/aromatic N) is 3. The number of carbonyl (C=O) groups excluding carboxylic acids is 1. The maximum Gasteiger partial charge on any atom is 0.239 e. The first-order valence-corrected chi connectivity index (χ1v) is 5.52. The lowest BCUT2D eigenvalue weighted by Crippen LogP contribution is -2.35. The molecule has 0 unspecified atom stereocenters. The fraction of sp³-hybridized carbons (Fsp3) is 0.308. The van der Waals surface area contributed by atoms with Gasteiger partial charge in [0.25, 0.3) is 0 Å². The molecule has 18 heavy (non-hydrogen) atoms. The van der Waals surface area contributed by atoms with E-state index in [9.17, 15) is 4.79 Å². The Morgan fingerprint density at radius 3 is 2.56 bits per heavy atom. The van der Waals surface area contributed by atoms with Crippen molar-refractivity contribution >= 4 is 11.6 Å². The number of likely N-dealkylation sites (N-methyl/N-ethyl adjacent to an activating group) is 1. The fourth-order valence-electron chi connectivity index (χ4n) is 1.41. The van der Waals surface area contributed by atoms with Crippen molar-refractivity contribution < 1.29 is 4.79 Å². The summed E-state index contributed by atoms with van der Waals surface area (Å²) < 4.78 is 0. The molecule has 1 N–H and O–H groups in total. The van der Waals surface area contributed by atoms with Gasteiger partial charge in [0, 0.05) is 19.3 Å². The van der Waals surface area contributed by atoms with Crippen LogP contribution >= 0.6 is 0 Å². The fourth-order valence-corrected chi connectivity index (χ4v) is 1.41. The summed E-state index contributed by atoms with van der Waals surface area (Å²) >= 11 is 0. The van der Waals surface area contributed by atoms with E-state index >= 15 is 0 Å². The average Bonchev–Trinajstić information content (AvgIpc) is 2.39. The molecule has 0 saturated heterocycles. The number of hydrogen-bond donors (Lipinski definition) is 1. The zero-order valence-corrected chi connectivity index (χ0v) is 10.2. The van der Waals surface area contributed by atoms with Gasteiger partial charge < -0.3 is 10.2 Å². The summed E-state index contributed by atoms with van der Waals surface area (Å²) in [7, 11) is 1.80. The first kappa shape index (κ1) is 13.5. The zero-order valence-electron chi connectivity index (χ0n) is 10.2. The third-order valence-electron chi connectivity index (χ3n) is 2.38. The first-order valence-electron chi connectivity index (χ1n) is 5.52. The first-order chi connectivity index (χ1) is 8.67. The topological polar surface area (TPSA) is 79.9 Å². The van der Waals surface area contributed by atoms with Crippen LogP contribution in [-0.4, -0.2) is 26.0 Å². The van der Waals surface area contributed by atoms with Crippen molar-refractivity contribution in [3.63, 3.8) is 0 Å². The number of anilines is 1. The number of nitrogens with one attached hydrogen (secondary N) is 1. The maximum atomic E-state index is 11.5. The van der Waals surface area contributed by atoms with Crippen molar-refractivity contribution in [2.75, 3.05) is 25.0 Å². The summed E-state index contributed by atoms with van der Waals surface area (Å²) in [6.45, 7) is 0.591. The molecule has 1 aromatic rings. The van der Waals surface area contributed by atoms with Gasteiger partial charge in [-0.2, -0.15) is 10.5 Å². The van der Waals surface area contributed by atoms with Crippen LogP contribution in [0.4, 0.5) is 5.69 Å². The number of benzene rings is 1. The minimum absolute atomic E-state index is 0.128. The number of carbonyl (C=O) groups is 1. The molecule has 0 bridgehead atoms. The minimum Gasteiger partial charge on any atom is -0.365 e. The third kappa shape index (κ3) is 4.15. The van der Waals surface area contributed by atoms with Crippen molar-refractivity contribution in [1.82, 2.24) is 5.32 Å². The Kier molecular flexibility index (Phi) is 5.21. The minimum atomic E-state index is -0.128. The molecule has 0 fully saturated rings. The van der Waals surface area contributed by atoms with E-state index in [1.807, 2.05) is 12.1 Å². The van der Waals surface area contributed by atoms with Gasteiger partial charge in [0.15, 0.2) is 0 Å². The molecule has 0 aliphatic heterocycles. The molecule has 1 aromatic carbocycles. The highest BCUT2D eigenvalue weighted by molar-refractivity contribution is 5.81. The Bertz CT molecular complexity index is 481. The molecule has 5 heteroatoms. The van der Waals surface area contributed by atoms with Crippen molar-refractivity contribution in [3.8, 4) is 12.1 Å². The van der Waals surface area contributed by atoms with Crippen LogP contribution in [0.25, 0.3) is 0 Å². The van der Waals surface area contributed by atoms with Gasteiger partial charge in [-0.15, -0.1) is 0 Å². The smallest absolute Gasteiger partial charge is 0.239 e. The molecule has 92 valence electrons. The molecular formula is C13H14N4O. The Hall–Kier alpha value is -2.53. The van der Waals surface area contributed by atoms with Crippen LogP contribution in [0.15, 0.2) is 24.3 Å². The largest absolute Gasteiger partial charge is 0.365 e. The van der Waals surface area contributed by atoms with Crippen LogP contribution in [0.5, 0.6) is 0 Å². The molecular weight excluding hydrogens is 228 g/mol. The van der Waals surface area contributed by atoms with E-state index in [1.54, 1.807) is 36.2 Å². The number of nitriles is 2. The summed E-state index contributed by atoms with van der Waals surface area (Å²) in [5.74, 6) is -0.128. The molecule has 5 nitrogen and oxygen atoms in total. The maximum absolute atomic E-state index is 11.5. The van der Waals surface area contributed by atoms with E-state index in [0.29, 0.717) is 18.5 Å². The summed E-state index contributed by atoms with van der Waals surface area (Å²) in [5.41, 5.74) is 1.45. The Morgan fingerprint density at radius 2 is 2.00 bits per heavy atom. The van der Waals surface area contributed by atoms with E-state index in [1.165, 1.54) is 0 Å². The highest BCUT2D eigenvalue weighted by atomic mass is 16.2. The summed E-state index contributed by atoms with van der Waals surface area (Å²) in [6.07, 6.45) is 0.312. The third-order valence-corrected chi connectivity index (χ3v) is 2.38. The molecule has 0 aliphatic carbocycles. The predicted molar refractivity (Wildman–Crippen MR) is 67.7 cm³/mol. The van der Waals surface area contributed by atoms with Gasteiger partial charge in [0.2, 0.25) is 5.91 Å². The van der Waals surface area contributed by atoms with Crippen LogP contribution in [-0.2, 0) is 4.79 Å².